The first-order valence-electron chi connectivity index (χ1n) is 5.45. The molecule has 1 atom stereocenters. The second-order valence-corrected chi connectivity index (χ2v) is 4.24. The van der Waals surface area contributed by atoms with Crippen LogP contribution in [0.4, 0.5) is 0 Å². The number of nitrogens with zero attached hydrogens (tertiary/aromatic N) is 1. The second kappa shape index (κ2) is 7.14. The molecule has 1 aromatic carbocycles. The van der Waals surface area contributed by atoms with E-state index >= 15 is 0 Å². The van der Waals surface area contributed by atoms with Crippen LogP contribution in [-0.4, -0.2) is 12.5 Å². The Balaban J connectivity index is 2.34. The largest absolute Gasteiger partial charge is 0.494 e. The summed E-state index contributed by atoms with van der Waals surface area (Å²) in [5.74, 6) is 2.04. The van der Waals surface area contributed by atoms with Gasteiger partial charge in [0, 0.05) is 5.88 Å². The van der Waals surface area contributed by atoms with Gasteiger partial charge < -0.3 is 4.74 Å². The van der Waals surface area contributed by atoms with Gasteiger partial charge in [0.05, 0.1) is 18.2 Å². The van der Waals surface area contributed by atoms with E-state index in [4.69, 9.17) is 21.6 Å². The summed E-state index contributed by atoms with van der Waals surface area (Å²) < 4.78 is 5.57. The molecule has 16 heavy (non-hydrogen) atoms. The van der Waals surface area contributed by atoms with E-state index < -0.39 is 0 Å². The van der Waals surface area contributed by atoms with Gasteiger partial charge in [0.25, 0.3) is 0 Å². The predicted molar refractivity (Wildman–Crippen MR) is 65.8 cm³/mol. The van der Waals surface area contributed by atoms with Crippen molar-refractivity contribution in [2.24, 2.45) is 5.92 Å². The Kier molecular flexibility index (Phi) is 5.74. The average Bonchev–Trinajstić information content (AvgIpc) is 2.30. The topological polar surface area (TPSA) is 33.0 Å². The molecular weight excluding hydrogens is 222 g/mol. The number of halogens is 1. The zero-order chi connectivity index (χ0) is 11.8. The van der Waals surface area contributed by atoms with Crippen molar-refractivity contribution in [1.29, 1.82) is 5.26 Å². The van der Waals surface area contributed by atoms with Crippen LogP contribution in [-0.2, 0) is 0 Å². The van der Waals surface area contributed by atoms with Crippen molar-refractivity contribution in [3.8, 4) is 11.8 Å². The van der Waals surface area contributed by atoms with Crippen LogP contribution in [0.1, 0.15) is 25.3 Å². The number of nitriles is 1. The summed E-state index contributed by atoms with van der Waals surface area (Å²) in [6.07, 6.45) is 2.01. The molecule has 0 aromatic heterocycles. The molecule has 1 unspecified atom stereocenters. The van der Waals surface area contributed by atoms with Gasteiger partial charge in [-0.1, -0.05) is 13.0 Å². The molecule has 0 saturated carbocycles. The van der Waals surface area contributed by atoms with Crippen LogP contribution in [0.25, 0.3) is 0 Å². The summed E-state index contributed by atoms with van der Waals surface area (Å²) >= 11 is 5.66. The lowest BCUT2D eigenvalue weighted by atomic mass is 10.1. The standard InChI is InChI=1S/C13H16ClNO/c1-11(5-7-14)6-8-16-13-4-2-3-12(9-13)10-15/h2-4,9,11H,5-8H2,1H3. The third kappa shape index (κ3) is 4.55. The second-order valence-electron chi connectivity index (χ2n) is 3.86. The zero-order valence-corrected chi connectivity index (χ0v) is 10.2. The minimum absolute atomic E-state index is 0.580. The van der Waals surface area contributed by atoms with Crippen molar-refractivity contribution < 1.29 is 4.74 Å². The molecule has 0 radical (unpaired) electrons. The van der Waals surface area contributed by atoms with E-state index in [1.165, 1.54) is 0 Å². The maximum atomic E-state index is 8.73. The monoisotopic (exact) mass is 237 g/mol. The Morgan fingerprint density at radius 2 is 2.25 bits per heavy atom. The first kappa shape index (κ1) is 12.9. The SMILES string of the molecule is CC(CCCl)CCOc1cccc(C#N)c1. The molecule has 1 rings (SSSR count). The summed E-state index contributed by atoms with van der Waals surface area (Å²) in [5.41, 5.74) is 0.631. The van der Waals surface area contributed by atoms with Gasteiger partial charge >= 0.3 is 0 Å². The van der Waals surface area contributed by atoms with Gasteiger partial charge in [0.15, 0.2) is 0 Å². The fourth-order valence-corrected chi connectivity index (χ4v) is 1.74. The van der Waals surface area contributed by atoms with Crippen LogP contribution in [0.3, 0.4) is 0 Å². The first-order chi connectivity index (χ1) is 7.76. The number of hydrogen-bond acceptors (Lipinski definition) is 2. The molecule has 0 aliphatic heterocycles. The molecule has 0 bridgehead atoms. The van der Waals surface area contributed by atoms with Crippen molar-refractivity contribution in [1.82, 2.24) is 0 Å². The molecule has 0 spiro atoms. The van der Waals surface area contributed by atoms with Crippen LogP contribution >= 0.6 is 11.6 Å². The lowest BCUT2D eigenvalue weighted by Gasteiger charge is -2.10. The lowest BCUT2D eigenvalue weighted by Crippen LogP contribution is -2.04. The molecule has 3 heteroatoms. The van der Waals surface area contributed by atoms with Gasteiger partial charge in [-0.25, -0.2) is 0 Å². The predicted octanol–water partition coefficient (Wildman–Crippen LogP) is 3.59. The number of hydrogen-bond donors (Lipinski definition) is 0. The Morgan fingerprint density at radius 3 is 2.94 bits per heavy atom. The third-order valence-corrected chi connectivity index (χ3v) is 2.66. The fraction of sp³-hybridized carbons (Fsp3) is 0.462. The molecular formula is C13H16ClNO. The number of alkyl halides is 1. The molecule has 0 saturated heterocycles. The van der Waals surface area contributed by atoms with E-state index in [0.717, 1.165) is 18.6 Å². The first-order valence-corrected chi connectivity index (χ1v) is 5.98. The summed E-state index contributed by atoms with van der Waals surface area (Å²) in [6, 6.07) is 9.31. The molecule has 0 fully saturated rings. The van der Waals surface area contributed by atoms with Gasteiger partial charge in [0.2, 0.25) is 0 Å². The summed E-state index contributed by atoms with van der Waals surface area (Å²) in [5, 5.41) is 8.73. The maximum absolute atomic E-state index is 8.73. The van der Waals surface area contributed by atoms with Gasteiger partial charge in [-0.15, -0.1) is 11.6 Å². The highest BCUT2D eigenvalue weighted by Crippen LogP contribution is 2.14. The highest BCUT2D eigenvalue weighted by Gasteiger charge is 2.02. The van der Waals surface area contributed by atoms with Crippen LogP contribution in [0, 0.1) is 17.2 Å². The van der Waals surface area contributed by atoms with Gasteiger partial charge in [0.1, 0.15) is 5.75 Å². The number of benzene rings is 1. The molecule has 2 nitrogen and oxygen atoms in total. The van der Waals surface area contributed by atoms with Gasteiger partial charge in [-0.3, -0.25) is 0 Å². The van der Waals surface area contributed by atoms with Crippen LogP contribution in [0.5, 0.6) is 5.75 Å². The minimum Gasteiger partial charge on any atom is -0.494 e. The van der Waals surface area contributed by atoms with E-state index in [9.17, 15) is 0 Å². The molecule has 1 aromatic rings. The van der Waals surface area contributed by atoms with Crippen LogP contribution < -0.4 is 4.74 Å². The van der Waals surface area contributed by atoms with Crippen molar-refractivity contribution in [2.45, 2.75) is 19.8 Å². The van der Waals surface area contributed by atoms with E-state index in [1.807, 2.05) is 12.1 Å². The highest BCUT2D eigenvalue weighted by atomic mass is 35.5. The van der Waals surface area contributed by atoms with Crippen molar-refractivity contribution in [2.75, 3.05) is 12.5 Å². The highest BCUT2D eigenvalue weighted by molar-refractivity contribution is 6.17. The van der Waals surface area contributed by atoms with E-state index in [0.29, 0.717) is 24.0 Å². The number of ether oxygens (including phenoxy) is 1. The van der Waals surface area contributed by atoms with Crippen LogP contribution in [0.15, 0.2) is 24.3 Å². The normalized spacial score (nSPS) is 11.8. The van der Waals surface area contributed by atoms with Crippen molar-refractivity contribution in [3.05, 3.63) is 29.8 Å². The number of rotatable bonds is 6. The van der Waals surface area contributed by atoms with Gasteiger partial charge in [-0.2, -0.15) is 5.26 Å². The van der Waals surface area contributed by atoms with E-state index in [-0.39, 0.29) is 0 Å². The third-order valence-electron chi connectivity index (χ3n) is 2.44. The molecule has 86 valence electrons. The molecule has 0 amide bonds. The average molecular weight is 238 g/mol. The van der Waals surface area contributed by atoms with E-state index in [2.05, 4.69) is 13.0 Å². The molecule has 0 N–H and O–H groups in total. The summed E-state index contributed by atoms with van der Waals surface area (Å²) in [4.78, 5) is 0. The quantitative estimate of drug-likeness (QED) is 0.709. The molecule has 0 aliphatic rings. The maximum Gasteiger partial charge on any atom is 0.120 e. The summed E-state index contributed by atoms with van der Waals surface area (Å²) in [7, 11) is 0. The van der Waals surface area contributed by atoms with Crippen LogP contribution in [0.2, 0.25) is 0 Å². The Hall–Kier alpha value is -1.20. The Labute approximate surface area is 102 Å². The Bertz CT molecular complexity index is 359. The minimum atomic E-state index is 0.580. The zero-order valence-electron chi connectivity index (χ0n) is 9.45. The molecule has 0 heterocycles. The lowest BCUT2D eigenvalue weighted by molar-refractivity contribution is 0.282. The fourth-order valence-electron chi connectivity index (χ4n) is 1.36. The smallest absolute Gasteiger partial charge is 0.120 e. The summed E-state index contributed by atoms with van der Waals surface area (Å²) in [6.45, 7) is 2.84. The van der Waals surface area contributed by atoms with Crippen molar-refractivity contribution in [3.63, 3.8) is 0 Å². The van der Waals surface area contributed by atoms with Gasteiger partial charge in [-0.05, 0) is 37.0 Å². The van der Waals surface area contributed by atoms with E-state index in [1.54, 1.807) is 12.1 Å². The Morgan fingerprint density at radius 1 is 1.44 bits per heavy atom. The van der Waals surface area contributed by atoms with Crippen molar-refractivity contribution >= 4 is 11.6 Å². The molecule has 0 aliphatic carbocycles.